The maximum absolute atomic E-state index is 11.5. The van der Waals surface area contributed by atoms with Crippen LogP contribution in [0.5, 0.6) is 11.5 Å². The second-order valence-electron chi connectivity index (χ2n) is 5.82. The molecule has 2 aromatic rings. The maximum Gasteiger partial charge on any atom is 0.320 e. The van der Waals surface area contributed by atoms with E-state index in [1.54, 1.807) is 54.6 Å². The third kappa shape index (κ3) is 4.96. The van der Waals surface area contributed by atoms with E-state index in [0.29, 0.717) is 16.4 Å². The van der Waals surface area contributed by atoms with Gasteiger partial charge in [0.15, 0.2) is 0 Å². The molecule has 4 N–H and O–H groups in total. The van der Waals surface area contributed by atoms with Gasteiger partial charge < -0.3 is 15.6 Å². The van der Waals surface area contributed by atoms with Crippen LogP contribution in [0.1, 0.15) is 11.1 Å². The van der Waals surface area contributed by atoms with Gasteiger partial charge in [0.1, 0.15) is 17.5 Å². The molecular weight excluding hydrogens is 368 g/mol. The van der Waals surface area contributed by atoms with Crippen molar-refractivity contribution in [3.8, 4) is 11.5 Å². The van der Waals surface area contributed by atoms with Crippen molar-refractivity contribution in [2.24, 2.45) is 5.73 Å². The number of benzene rings is 2. The number of aliphatic carboxylic acids is 1. The summed E-state index contributed by atoms with van der Waals surface area (Å²) < 4.78 is 5.74. The summed E-state index contributed by atoms with van der Waals surface area (Å²) in [5, 5.41) is 10.7. The lowest BCUT2D eigenvalue weighted by atomic mass is 10.1. The summed E-state index contributed by atoms with van der Waals surface area (Å²) in [6.45, 7) is 0. The zero-order valence-electron chi connectivity index (χ0n) is 14.0. The molecule has 7 nitrogen and oxygen atoms in total. The topological polar surface area (TPSA) is 119 Å². The number of imide groups is 1. The van der Waals surface area contributed by atoms with Crippen molar-refractivity contribution in [2.45, 2.75) is 12.5 Å². The fourth-order valence-electron chi connectivity index (χ4n) is 2.38. The molecule has 0 aromatic heterocycles. The average molecular weight is 384 g/mol. The first-order valence-electron chi connectivity index (χ1n) is 8.01. The van der Waals surface area contributed by atoms with E-state index in [0.717, 1.165) is 22.9 Å². The zero-order valence-corrected chi connectivity index (χ0v) is 14.9. The first kappa shape index (κ1) is 18.7. The first-order chi connectivity index (χ1) is 12.9. The molecule has 0 saturated carbocycles. The smallest absolute Gasteiger partial charge is 0.320 e. The van der Waals surface area contributed by atoms with Crippen LogP contribution in [0, 0.1) is 0 Å². The van der Waals surface area contributed by atoms with Gasteiger partial charge in [-0.3, -0.25) is 19.7 Å². The monoisotopic (exact) mass is 384 g/mol. The van der Waals surface area contributed by atoms with Gasteiger partial charge in [-0.15, -0.1) is 0 Å². The number of carboxylic acid groups (broad SMARTS) is 1. The molecule has 138 valence electrons. The van der Waals surface area contributed by atoms with Crippen molar-refractivity contribution in [3.05, 3.63) is 64.6 Å². The van der Waals surface area contributed by atoms with E-state index in [2.05, 4.69) is 5.32 Å². The Kier molecular flexibility index (Phi) is 5.58. The molecule has 0 aliphatic carbocycles. The van der Waals surface area contributed by atoms with E-state index >= 15 is 0 Å². The van der Waals surface area contributed by atoms with Gasteiger partial charge in [0.2, 0.25) is 0 Å². The lowest BCUT2D eigenvalue weighted by molar-refractivity contribution is -0.138. The number of carboxylic acids is 1. The minimum Gasteiger partial charge on any atom is -0.480 e. The SMILES string of the molecule is N[C@@H](Cc1ccc(Oc2ccc(C=C3SC(=O)NC3=O)cc2)cc1)C(=O)O. The lowest BCUT2D eigenvalue weighted by Gasteiger charge is -2.09. The van der Waals surface area contributed by atoms with Gasteiger partial charge in [-0.25, -0.2) is 0 Å². The zero-order chi connectivity index (χ0) is 19.4. The van der Waals surface area contributed by atoms with E-state index in [4.69, 9.17) is 15.6 Å². The summed E-state index contributed by atoms with van der Waals surface area (Å²) in [5.41, 5.74) is 7.10. The summed E-state index contributed by atoms with van der Waals surface area (Å²) in [5.74, 6) is -0.229. The number of thioether (sulfide) groups is 1. The van der Waals surface area contributed by atoms with Gasteiger partial charge >= 0.3 is 5.97 Å². The number of amides is 2. The van der Waals surface area contributed by atoms with Crippen molar-refractivity contribution >= 4 is 35.0 Å². The van der Waals surface area contributed by atoms with Gasteiger partial charge in [0.25, 0.3) is 11.1 Å². The van der Waals surface area contributed by atoms with Crippen LogP contribution in [0.25, 0.3) is 6.08 Å². The van der Waals surface area contributed by atoms with E-state index in [1.807, 2.05) is 0 Å². The lowest BCUT2D eigenvalue weighted by Crippen LogP contribution is -2.32. The van der Waals surface area contributed by atoms with Crippen LogP contribution < -0.4 is 15.8 Å². The highest BCUT2D eigenvalue weighted by Crippen LogP contribution is 2.27. The third-order valence-electron chi connectivity index (χ3n) is 3.75. The number of carbonyl (C=O) groups excluding carboxylic acids is 2. The van der Waals surface area contributed by atoms with E-state index < -0.39 is 17.9 Å². The molecule has 2 aromatic carbocycles. The Hall–Kier alpha value is -3.10. The standard InChI is InChI=1S/C19H16N2O5S/c20-15(18(23)24)9-11-1-5-13(6-2-11)26-14-7-3-12(4-8-14)10-16-17(22)21-19(25)27-16/h1-8,10,15H,9,20H2,(H,23,24)(H,21,22,25)/t15-/m0/s1. The van der Waals surface area contributed by atoms with Crippen LogP contribution in [0.2, 0.25) is 0 Å². The molecule has 3 rings (SSSR count). The molecule has 2 amide bonds. The van der Waals surface area contributed by atoms with Gasteiger partial charge in [0.05, 0.1) is 4.91 Å². The summed E-state index contributed by atoms with van der Waals surface area (Å²) in [4.78, 5) is 33.8. The molecule has 1 heterocycles. The maximum atomic E-state index is 11.5. The second kappa shape index (κ2) is 8.07. The summed E-state index contributed by atoms with van der Waals surface area (Å²) in [7, 11) is 0. The highest BCUT2D eigenvalue weighted by molar-refractivity contribution is 8.18. The Balaban J connectivity index is 1.63. The number of hydrogen-bond donors (Lipinski definition) is 3. The summed E-state index contributed by atoms with van der Waals surface area (Å²) >= 11 is 0.867. The van der Waals surface area contributed by atoms with Crippen molar-refractivity contribution in [2.75, 3.05) is 0 Å². The number of carbonyl (C=O) groups is 3. The summed E-state index contributed by atoms with van der Waals surface area (Å²) in [6, 6.07) is 13.1. The van der Waals surface area contributed by atoms with Gasteiger partial charge in [-0.05, 0) is 59.7 Å². The Morgan fingerprint density at radius 1 is 1.11 bits per heavy atom. The van der Waals surface area contributed by atoms with Crippen LogP contribution in [0.15, 0.2) is 53.4 Å². The minimum absolute atomic E-state index is 0.243. The number of nitrogens with one attached hydrogen (secondary N) is 1. The number of rotatable bonds is 6. The molecule has 1 aliphatic rings. The van der Waals surface area contributed by atoms with Crippen LogP contribution >= 0.6 is 11.8 Å². The normalized spacial score (nSPS) is 16.3. The van der Waals surface area contributed by atoms with Gasteiger partial charge in [-0.2, -0.15) is 0 Å². The Morgan fingerprint density at radius 3 is 2.22 bits per heavy atom. The average Bonchev–Trinajstić information content (AvgIpc) is 2.95. The van der Waals surface area contributed by atoms with Gasteiger partial charge in [0, 0.05) is 0 Å². The molecule has 27 heavy (non-hydrogen) atoms. The molecule has 0 unspecified atom stereocenters. The molecule has 1 saturated heterocycles. The number of hydrogen-bond acceptors (Lipinski definition) is 6. The van der Waals surface area contributed by atoms with E-state index in [9.17, 15) is 14.4 Å². The Morgan fingerprint density at radius 2 is 1.70 bits per heavy atom. The molecule has 0 bridgehead atoms. The number of ether oxygens (including phenoxy) is 1. The highest BCUT2D eigenvalue weighted by atomic mass is 32.2. The van der Waals surface area contributed by atoms with Crippen LogP contribution in [-0.4, -0.2) is 28.3 Å². The summed E-state index contributed by atoms with van der Waals surface area (Å²) in [6.07, 6.45) is 1.88. The van der Waals surface area contributed by atoms with Crippen molar-refractivity contribution < 1.29 is 24.2 Å². The van der Waals surface area contributed by atoms with Crippen molar-refractivity contribution in [1.82, 2.24) is 5.32 Å². The molecule has 1 fully saturated rings. The fraction of sp³-hybridized carbons (Fsp3) is 0.105. The number of nitrogens with two attached hydrogens (primary N) is 1. The van der Waals surface area contributed by atoms with Crippen molar-refractivity contribution in [1.29, 1.82) is 0 Å². The van der Waals surface area contributed by atoms with E-state index in [-0.39, 0.29) is 11.7 Å². The van der Waals surface area contributed by atoms with Crippen LogP contribution in [0.4, 0.5) is 4.79 Å². The predicted octanol–water partition coefficient (Wildman–Crippen LogP) is 2.76. The Bertz CT molecular complexity index is 907. The molecule has 8 heteroatoms. The quantitative estimate of drug-likeness (QED) is 0.655. The fourth-order valence-corrected chi connectivity index (χ4v) is 3.06. The van der Waals surface area contributed by atoms with Gasteiger partial charge in [-0.1, -0.05) is 24.3 Å². The molecule has 1 atom stereocenters. The molecule has 0 spiro atoms. The van der Waals surface area contributed by atoms with Crippen molar-refractivity contribution in [3.63, 3.8) is 0 Å². The molecular formula is C19H16N2O5S. The largest absolute Gasteiger partial charge is 0.480 e. The third-order valence-corrected chi connectivity index (χ3v) is 4.56. The minimum atomic E-state index is -1.04. The molecule has 0 radical (unpaired) electrons. The predicted molar refractivity (Wildman–Crippen MR) is 101 cm³/mol. The van der Waals surface area contributed by atoms with Crippen LogP contribution in [-0.2, 0) is 16.0 Å². The molecule has 1 aliphatic heterocycles. The van der Waals surface area contributed by atoms with Crippen LogP contribution in [0.3, 0.4) is 0 Å². The first-order valence-corrected chi connectivity index (χ1v) is 8.82. The second-order valence-corrected chi connectivity index (χ2v) is 6.83. The van der Waals surface area contributed by atoms with E-state index in [1.165, 1.54) is 0 Å². The highest BCUT2D eigenvalue weighted by Gasteiger charge is 2.24. The Labute approximate surface area is 159 Å².